The number of benzene rings is 3. The first-order valence-electron chi connectivity index (χ1n) is 11.1. The van der Waals surface area contributed by atoms with Crippen LogP contribution >= 0.6 is 0 Å². The van der Waals surface area contributed by atoms with Gasteiger partial charge < -0.3 is 20.7 Å². The van der Waals surface area contributed by atoms with E-state index in [2.05, 4.69) is 5.32 Å². The van der Waals surface area contributed by atoms with Crippen LogP contribution in [-0.4, -0.2) is 55.0 Å². The summed E-state index contributed by atoms with van der Waals surface area (Å²) >= 11 is 0. The summed E-state index contributed by atoms with van der Waals surface area (Å²) in [5.41, 5.74) is 8.70. The van der Waals surface area contributed by atoms with Crippen molar-refractivity contribution in [1.82, 2.24) is 4.90 Å². The van der Waals surface area contributed by atoms with Crippen LogP contribution in [0.2, 0.25) is 0 Å². The summed E-state index contributed by atoms with van der Waals surface area (Å²) in [4.78, 5) is 55.1. The number of fused-ring (bicyclic) bond motifs is 1. The molecule has 0 spiro atoms. The Bertz CT molecular complexity index is 1380. The standard InChI is InChI=1S/C27H24N4O5/c1-31(15-22(28)32)26(34)17-9-6-10-19(13-17)29-24(16-7-4-3-5-8-16)23-20-12-11-18(27(35)36-2)14-21(20)30-25(23)33/h3-14,23H,15H2,1-2H3,(H2,28,32)(H,30,33). The Hall–Kier alpha value is -4.79. The Morgan fingerprint density at radius 3 is 2.39 bits per heavy atom. The Labute approximate surface area is 207 Å². The first kappa shape index (κ1) is 24.3. The minimum atomic E-state index is -0.744. The molecule has 9 heteroatoms. The molecule has 0 aromatic heterocycles. The van der Waals surface area contributed by atoms with Crippen molar-refractivity contribution in [1.29, 1.82) is 0 Å². The van der Waals surface area contributed by atoms with Crippen molar-refractivity contribution in [3.05, 3.63) is 95.1 Å². The van der Waals surface area contributed by atoms with Crippen molar-refractivity contribution in [3.8, 4) is 0 Å². The molecule has 1 aliphatic rings. The number of carbonyl (C=O) groups excluding carboxylic acids is 4. The quantitative estimate of drug-likeness (QED) is 0.393. The van der Waals surface area contributed by atoms with E-state index in [4.69, 9.17) is 15.5 Å². The molecule has 3 aromatic carbocycles. The van der Waals surface area contributed by atoms with Gasteiger partial charge in [-0.1, -0.05) is 42.5 Å². The molecular weight excluding hydrogens is 460 g/mol. The lowest BCUT2D eigenvalue weighted by atomic mass is 9.90. The Morgan fingerprint density at radius 1 is 0.972 bits per heavy atom. The van der Waals surface area contributed by atoms with E-state index >= 15 is 0 Å². The van der Waals surface area contributed by atoms with Gasteiger partial charge in [-0.2, -0.15) is 0 Å². The number of nitrogens with two attached hydrogens (primary N) is 1. The predicted octanol–water partition coefficient (Wildman–Crippen LogP) is 2.89. The monoisotopic (exact) mass is 484 g/mol. The van der Waals surface area contributed by atoms with Gasteiger partial charge >= 0.3 is 5.97 Å². The fraction of sp³-hybridized carbons (Fsp3) is 0.148. The third kappa shape index (κ3) is 5.00. The van der Waals surface area contributed by atoms with Crippen LogP contribution in [0.5, 0.6) is 0 Å². The highest BCUT2D eigenvalue weighted by Crippen LogP contribution is 2.37. The average Bonchev–Trinajstić information content (AvgIpc) is 3.21. The number of aliphatic imine (C=N–C) groups is 1. The summed E-state index contributed by atoms with van der Waals surface area (Å²) in [6.45, 7) is -0.214. The van der Waals surface area contributed by atoms with Gasteiger partial charge in [0.1, 0.15) is 5.92 Å². The zero-order chi connectivity index (χ0) is 25.8. The van der Waals surface area contributed by atoms with Crippen LogP contribution in [0.15, 0.2) is 77.8 Å². The topological polar surface area (TPSA) is 131 Å². The predicted molar refractivity (Wildman–Crippen MR) is 134 cm³/mol. The largest absolute Gasteiger partial charge is 0.465 e. The summed E-state index contributed by atoms with van der Waals surface area (Å²) in [6.07, 6.45) is 0. The van der Waals surface area contributed by atoms with Crippen molar-refractivity contribution in [2.45, 2.75) is 5.92 Å². The SMILES string of the molecule is COC(=O)c1ccc2c(c1)NC(=O)C2C(=Nc1cccc(C(=O)N(C)CC(N)=O)c1)c1ccccc1. The molecule has 1 unspecified atom stereocenters. The van der Waals surface area contributed by atoms with Crippen LogP contribution in [0.4, 0.5) is 11.4 Å². The summed E-state index contributed by atoms with van der Waals surface area (Å²) in [6, 6.07) is 20.8. The molecule has 0 saturated heterocycles. The van der Waals surface area contributed by atoms with Crippen LogP contribution in [0.1, 0.15) is 37.8 Å². The maximum absolute atomic E-state index is 13.1. The number of esters is 1. The van der Waals surface area contributed by atoms with Gasteiger partial charge in [0.15, 0.2) is 0 Å². The molecular formula is C27H24N4O5. The number of anilines is 1. The number of likely N-dealkylation sites (N-methyl/N-ethyl adjacent to an activating group) is 1. The molecule has 9 nitrogen and oxygen atoms in total. The maximum Gasteiger partial charge on any atom is 0.337 e. The van der Waals surface area contributed by atoms with Crippen molar-refractivity contribution in [2.24, 2.45) is 10.7 Å². The molecule has 182 valence electrons. The Morgan fingerprint density at radius 2 is 1.69 bits per heavy atom. The first-order chi connectivity index (χ1) is 17.3. The minimum absolute atomic E-state index is 0.214. The molecule has 0 radical (unpaired) electrons. The second-order valence-electron chi connectivity index (χ2n) is 8.26. The van der Waals surface area contributed by atoms with Gasteiger partial charge in [-0.3, -0.25) is 19.4 Å². The van der Waals surface area contributed by atoms with Crippen molar-refractivity contribution in [2.75, 3.05) is 26.0 Å². The first-order valence-corrected chi connectivity index (χ1v) is 11.1. The number of rotatable bonds is 7. The highest BCUT2D eigenvalue weighted by atomic mass is 16.5. The number of primary amides is 1. The molecule has 1 aliphatic heterocycles. The summed E-state index contributed by atoms with van der Waals surface area (Å²) in [7, 11) is 2.78. The van der Waals surface area contributed by atoms with Gasteiger partial charge in [0.05, 0.1) is 30.6 Å². The molecule has 1 heterocycles. The smallest absolute Gasteiger partial charge is 0.337 e. The molecule has 3 N–H and O–H groups in total. The van der Waals surface area contributed by atoms with E-state index in [0.29, 0.717) is 33.8 Å². The molecule has 4 rings (SSSR count). The minimum Gasteiger partial charge on any atom is -0.465 e. The summed E-state index contributed by atoms with van der Waals surface area (Å²) < 4.78 is 4.78. The normalized spacial score (nSPS) is 14.6. The van der Waals surface area contributed by atoms with E-state index < -0.39 is 17.8 Å². The number of hydrogen-bond donors (Lipinski definition) is 2. The van der Waals surface area contributed by atoms with Crippen molar-refractivity contribution in [3.63, 3.8) is 0 Å². The highest BCUT2D eigenvalue weighted by molar-refractivity contribution is 6.24. The summed E-state index contributed by atoms with van der Waals surface area (Å²) in [5, 5.41) is 2.83. The number of ether oxygens (including phenoxy) is 1. The molecule has 0 fully saturated rings. The number of methoxy groups -OCH3 is 1. The lowest BCUT2D eigenvalue weighted by Crippen LogP contribution is -2.35. The van der Waals surface area contributed by atoms with E-state index in [9.17, 15) is 19.2 Å². The zero-order valence-corrected chi connectivity index (χ0v) is 19.7. The second kappa shape index (κ2) is 10.2. The molecule has 36 heavy (non-hydrogen) atoms. The number of carbonyl (C=O) groups is 4. The number of nitrogens with zero attached hydrogens (tertiary/aromatic N) is 2. The third-order valence-corrected chi connectivity index (χ3v) is 5.73. The number of hydrogen-bond acceptors (Lipinski definition) is 6. The average molecular weight is 485 g/mol. The van der Waals surface area contributed by atoms with Crippen LogP contribution in [0.25, 0.3) is 0 Å². The molecule has 1 atom stereocenters. The zero-order valence-electron chi connectivity index (χ0n) is 19.7. The van der Waals surface area contributed by atoms with Crippen LogP contribution in [0, 0.1) is 0 Å². The third-order valence-electron chi connectivity index (χ3n) is 5.73. The van der Waals surface area contributed by atoms with Crippen LogP contribution < -0.4 is 11.1 Å². The van der Waals surface area contributed by atoms with Gasteiger partial charge in [0.25, 0.3) is 5.91 Å². The lowest BCUT2D eigenvalue weighted by molar-refractivity contribution is -0.118. The van der Waals surface area contributed by atoms with Gasteiger partial charge in [0, 0.05) is 18.3 Å². The fourth-order valence-electron chi connectivity index (χ4n) is 4.06. The van der Waals surface area contributed by atoms with E-state index in [-0.39, 0.29) is 18.4 Å². The molecule has 0 saturated carbocycles. The summed E-state index contributed by atoms with van der Waals surface area (Å²) in [5.74, 6) is -2.54. The van der Waals surface area contributed by atoms with Crippen LogP contribution in [0.3, 0.4) is 0 Å². The van der Waals surface area contributed by atoms with Crippen LogP contribution in [-0.2, 0) is 14.3 Å². The molecule has 0 aliphatic carbocycles. The van der Waals surface area contributed by atoms with E-state index in [1.165, 1.54) is 19.1 Å². The van der Waals surface area contributed by atoms with Crippen molar-refractivity contribution >= 4 is 40.8 Å². The molecule has 0 bridgehead atoms. The maximum atomic E-state index is 13.1. The molecule has 3 aromatic rings. The second-order valence-corrected chi connectivity index (χ2v) is 8.26. The number of nitrogens with one attached hydrogen (secondary N) is 1. The van der Waals surface area contributed by atoms with E-state index in [1.54, 1.807) is 42.5 Å². The number of amides is 3. The lowest BCUT2D eigenvalue weighted by Gasteiger charge is -2.16. The van der Waals surface area contributed by atoms with Gasteiger partial charge in [-0.25, -0.2) is 4.79 Å². The molecule has 3 amide bonds. The van der Waals surface area contributed by atoms with Gasteiger partial charge in [-0.15, -0.1) is 0 Å². The van der Waals surface area contributed by atoms with Gasteiger partial charge in [0.2, 0.25) is 11.8 Å². The van der Waals surface area contributed by atoms with E-state index in [1.807, 2.05) is 30.3 Å². The van der Waals surface area contributed by atoms with Crippen molar-refractivity contribution < 1.29 is 23.9 Å². The highest BCUT2D eigenvalue weighted by Gasteiger charge is 2.36. The Balaban J connectivity index is 1.78. The van der Waals surface area contributed by atoms with E-state index in [0.717, 1.165) is 5.56 Å². The van der Waals surface area contributed by atoms with Gasteiger partial charge in [-0.05, 0) is 41.5 Å². The Kier molecular flexibility index (Phi) is 6.91. The fourth-order valence-corrected chi connectivity index (χ4v) is 4.06.